The van der Waals surface area contributed by atoms with E-state index in [2.05, 4.69) is 10.0 Å². The molecule has 0 amide bonds. The molecule has 4 aromatic rings. The molecule has 1 heterocycles. The molecule has 4 N–H and O–H groups in total. The Hall–Kier alpha value is -3.77. The van der Waals surface area contributed by atoms with E-state index in [9.17, 15) is 24.9 Å². The van der Waals surface area contributed by atoms with Crippen molar-refractivity contribution >= 4 is 34.1 Å². The summed E-state index contributed by atoms with van der Waals surface area (Å²) < 4.78 is 22.7. The predicted octanol–water partition coefficient (Wildman–Crippen LogP) is 5.56. The lowest BCUT2D eigenvalue weighted by atomic mass is 10.1. The fourth-order valence-corrected chi connectivity index (χ4v) is 5.51. The Balaban J connectivity index is 1.44. The van der Waals surface area contributed by atoms with Gasteiger partial charge in [-0.3, -0.25) is 10.1 Å². The molecule has 3 aromatic carbocycles. The summed E-state index contributed by atoms with van der Waals surface area (Å²) in [5.74, 6) is 0.351. The third-order valence-electron chi connectivity index (χ3n) is 5.17. The van der Waals surface area contributed by atoms with Gasteiger partial charge in [0.05, 0.1) is 28.4 Å². The fourth-order valence-electron chi connectivity index (χ4n) is 3.39. The average Bonchev–Trinajstić information content (AvgIpc) is 3.34. The molecule has 1 unspecified atom stereocenters. The molecule has 36 heavy (non-hydrogen) atoms. The van der Waals surface area contributed by atoms with Crippen molar-refractivity contribution in [3.63, 3.8) is 0 Å². The maximum absolute atomic E-state index is 13.1. The van der Waals surface area contributed by atoms with E-state index in [1.54, 1.807) is 18.2 Å². The van der Waals surface area contributed by atoms with Gasteiger partial charge in [0.25, 0.3) is 5.69 Å². The van der Waals surface area contributed by atoms with Crippen LogP contribution < -0.4 is 14.8 Å². The molecule has 9 nitrogen and oxygen atoms in total. The minimum Gasteiger partial charge on any atom is -0.592 e. The third kappa shape index (κ3) is 6.07. The van der Waals surface area contributed by atoms with Crippen molar-refractivity contribution < 1.29 is 24.4 Å². The van der Waals surface area contributed by atoms with E-state index >= 15 is 0 Å². The van der Waals surface area contributed by atoms with E-state index in [0.717, 1.165) is 22.4 Å². The molecule has 0 saturated carbocycles. The zero-order valence-corrected chi connectivity index (χ0v) is 20.8. The lowest BCUT2D eigenvalue weighted by molar-refractivity contribution is -0.384. The molecule has 0 bridgehead atoms. The van der Waals surface area contributed by atoms with Crippen molar-refractivity contribution in [2.24, 2.45) is 0 Å². The second kappa shape index (κ2) is 11.3. The Morgan fingerprint density at radius 1 is 0.972 bits per heavy atom. The highest BCUT2D eigenvalue weighted by molar-refractivity contribution is 7.91. The highest BCUT2D eigenvalue weighted by Gasteiger charge is 2.22. The number of nitrogens with zero attached hydrogens (tertiary/aromatic N) is 1. The number of nitro groups is 1. The van der Waals surface area contributed by atoms with Gasteiger partial charge in [-0.25, -0.2) is 0 Å². The summed E-state index contributed by atoms with van der Waals surface area (Å²) in [5.41, 5.74) is 3.21. The Morgan fingerprint density at radius 2 is 1.75 bits per heavy atom. The molecule has 0 aliphatic carbocycles. The van der Waals surface area contributed by atoms with E-state index in [1.165, 1.54) is 35.6 Å². The van der Waals surface area contributed by atoms with E-state index in [-0.39, 0.29) is 17.2 Å². The van der Waals surface area contributed by atoms with Crippen LogP contribution in [0, 0.1) is 17.0 Å². The van der Waals surface area contributed by atoms with Crippen LogP contribution in [-0.4, -0.2) is 32.8 Å². The number of nitrogens with one attached hydrogen (secondary N) is 2. The van der Waals surface area contributed by atoms with Crippen molar-refractivity contribution in [2.45, 2.75) is 11.1 Å². The summed E-state index contributed by atoms with van der Waals surface area (Å²) >= 11 is -0.129. The van der Waals surface area contributed by atoms with Crippen LogP contribution in [0.25, 0.3) is 11.1 Å². The molecule has 186 valence electrons. The highest BCUT2D eigenvalue weighted by Crippen LogP contribution is 2.40. The average molecular weight is 526 g/mol. The van der Waals surface area contributed by atoms with Crippen LogP contribution in [0.4, 0.5) is 11.4 Å². The minimum atomic E-state index is -1.49. The van der Waals surface area contributed by atoms with Crippen molar-refractivity contribution in [1.82, 2.24) is 4.72 Å². The first-order chi connectivity index (χ1) is 17.3. The van der Waals surface area contributed by atoms with E-state index < -0.39 is 16.3 Å². The van der Waals surface area contributed by atoms with Crippen LogP contribution in [0.3, 0.4) is 0 Å². The Labute approximate surface area is 214 Å². The lowest BCUT2D eigenvalue weighted by Crippen LogP contribution is -2.28. The number of phenolic OH excluding ortho intramolecular Hbond substituents is 2. The number of rotatable bonds is 10. The van der Waals surface area contributed by atoms with E-state index in [4.69, 9.17) is 4.74 Å². The van der Waals surface area contributed by atoms with Gasteiger partial charge in [-0.1, -0.05) is 23.5 Å². The molecular weight excluding hydrogens is 502 g/mol. The molecule has 11 heteroatoms. The van der Waals surface area contributed by atoms with Crippen LogP contribution in [-0.2, 0) is 11.4 Å². The quantitative estimate of drug-likeness (QED) is 0.0694. The molecular formula is C25H23N3O6S2. The zero-order chi connectivity index (χ0) is 25.7. The maximum atomic E-state index is 13.1. The van der Waals surface area contributed by atoms with E-state index in [1.807, 2.05) is 36.6 Å². The molecule has 0 aliphatic heterocycles. The van der Waals surface area contributed by atoms with Crippen molar-refractivity contribution in [3.8, 4) is 34.1 Å². The summed E-state index contributed by atoms with van der Waals surface area (Å²) in [7, 11) is 0. The predicted molar refractivity (Wildman–Crippen MR) is 140 cm³/mol. The number of nitro benzene ring substituents is 1. The molecule has 0 fully saturated rings. The third-order valence-corrected chi connectivity index (χ3v) is 7.64. The number of phenols is 2. The summed E-state index contributed by atoms with van der Waals surface area (Å²) in [6, 6.07) is 17.9. The number of ether oxygens (including phenoxy) is 1. The first kappa shape index (κ1) is 25.3. The van der Waals surface area contributed by atoms with Crippen LogP contribution in [0.15, 0.2) is 76.3 Å². The summed E-state index contributed by atoms with van der Waals surface area (Å²) in [4.78, 5) is 10.3. The number of aryl methyl sites for hydroxylation is 1. The first-order valence-electron chi connectivity index (χ1n) is 10.8. The maximum Gasteiger partial charge on any atom is 0.269 e. The van der Waals surface area contributed by atoms with Crippen molar-refractivity contribution in [1.29, 1.82) is 0 Å². The monoisotopic (exact) mass is 525 g/mol. The summed E-state index contributed by atoms with van der Waals surface area (Å²) in [6.45, 7) is 2.79. The van der Waals surface area contributed by atoms with Crippen LogP contribution in [0.5, 0.6) is 23.0 Å². The smallest absolute Gasteiger partial charge is 0.269 e. The number of thiophene rings is 1. The number of non-ortho nitro benzene ring substituents is 1. The van der Waals surface area contributed by atoms with Crippen LogP contribution in [0.2, 0.25) is 0 Å². The first-order valence-corrected chi connectivity index (χ1v) is 12.9. The summed E-state index contributed by atoms with van der Waals surface area (Å²) in [5, 5.41) is 35.1. The summed E-state index contributed by atoms with van der Waals surface area (Å²) in [6.07, 6.45) is 0. The van der Waals surface area contributed by atoms with Gasteiger partial charge in [0, 0.05) is 36.0 Å². The molecule has 1 atom stereocenters. The number of anilines is 1. The normalized spacial score (nSPS) is 11.7. The minimum absolute atomic E-state index is 0.0201. The second-order valence-electron chi connectivity index (χ2n) is 7.77. The van der Waals surface area contributed by atoms with Crippen molar-refractivity contribution in [3.05, 3.63) is 87.8 Å². The Kier molecular flexibility index (Phi) is 7.96. The molecule has 0 saturated heterocycles. The topological polar surface area (TPSA) is 140 Å². The molecule has 0 spiro atoms. The van der Waals surface area contributed by atoms with Gasteiger partial charge in [0.2, 0.25) is 4.21 Å². The number of aromatic hydroxyl groups is 2. The fraction of sp³-hybridized carbons (Fsp3) is 0.120. The largest absolute Gasteiger partial charge is 0.592 e. The van der Waals surface area contributed by atoms with Gasteiger partial charge in [-0.2, -0.15) is 0 Å². The van der Waals surface area contributed by atoms with E-state index in [0.29, 0.717) is 28.8 Å². The zero-order valence-electron chi connectivity index (χ0n) is 19.1. The lowest BCUT2D eigenvalue weighted by Gasteiger charge is -2.15. The van der Waals surface area contributed by atoms with Gasteiger partial charge < -0.3 is 24.8 Å². The molecule has 1 aromatic heterocycles. The molecule has 0 aliphatic rings. The van der Waals surface area contributed by atoms with Crippen molar-refractivity contribution in [2.75, 3.05) is 18.4 Å². The number of benzene rings is 3. The second-order valence-corrected chi connectivity index (χ2v) is 10.2. The Bertz CT molecular complexity index is 1360. The van der Waals surface area contributed by atoms with Crippen LogP contribution >= 0.6 is 11.3 Å². The number of hydrogen-bond donors (Lipinski definition) is 4. The van der Waals surface area contributed by atoms with Gasteiger partial charge >= 0.3 is 0 Å². The molecule has 4 rings (SSSR count). The van der Waals surface area contributed by atoms with Gasteiger partial charge in [0.1, 0.15) is 11.5 Å². The Morgan fingerprint density at radius 3 is 2.47 bits per heavy atom. The number of hydrogen-bond acceptors (Lipinski definition) is 9. The standard InChI is InChI=1S/C25H23N3O6S2/c1-16-2-8-20(24(14-16)34-19-7-9-22(29)23(30)15-19)21-10-13-35-25(21)36(33)27-12-11-26-17-3-5-18(6-4-17)28(31)32/h2-10,13-15,26-27,29-30H,11-12H2,1H3. The van der Waals surface area contributed by atoms with Crippen LogP contribution in [0.1, 0.15) is 5.56 Å². The molecule has 0 radical (unpaired) electrons. The van der Waals surface area contributed by atoms with Gasteiger partial charge in [0.15, 0.2) is 11.5 Å². The van der Waals surface area contributed by atoms with Gasteiger partial charge in [-0.05, 0) is 54.3 Å². The highest BCUT2D eigenvalue weighted by atomic mass is 32.2. The SMILES string of the molecule is Cc1ccc(-c2ccsc2[S+]([O-])NCCNc2ccc([N+](=O)[O-])cc2)c(Oc2ccc(O)c(O)c2)c1. The van der Waals surface area contributed by atoms with Gasteiger partial charge in [-0.15, -0.1) is 4.72 Å².